The minimum Gasteiger partial charge on any atom is -0.385 e. The maximum atomic E-state index is 12.6. The molecule has 1 fully saturated rings. The van der Waals surface area contributed by atoms with Gasteiger partial charge in [0, 0.05) is 37.8 Å². The Kier molecular flexibility index (Phi) is 7.06. The summed E-state index contributed by atoms with van der Waals surface area (Å²) in [7, 11) is -3.47. The van der Waals surface area contributed by atoms with Crippen molar-refractivity contribution in [2.75, 3.05) is 31.5 Å². The summed E-state index contributed by atoms with van der Waals surface area (Å²) >= 11 is 0. The highest BCUT2D eigenvalue weighted by atomic mass is 32.2. The fourth-order valence-electron chi connectivity index (χ4n) is 3.33. The second-order valence-electron chi connectivity index (χ2n) is 6.93. The van der Waals surface area contributed by atoms with Crippen LogP contribution < -0.4 is 10.6 Å². The standard InChI is InChI=1S/C21H27N3O3S/c25-21(23-15-7-14-22-19-8-3-1-4-9-19)18-12-16-24(17-13-18)28(26,27)20-10-5-2-6-11-20/h1-6,8-11,18,22H,7,12-17H2,(H,23,25). The predicted octanol–water partition coefficient (Wildman–Crippen LogP) is 2.71. The van der Waals surface area contributed by atoms with Crippen molar-refractivity contribution in [3.8, 4) is 0 Å². The average Bonchev–Trinajstić information content (AvgIpc) is 2.75. The summed E-state index contributed by atoms with van der Waals surface area (Å²) in [4.78, 5) is 12.7. The van der Waals surface area contributed by atoms with Crippen molar-refractivity contribution in [1.82, 2.24) is 9.62 Å². The third kappa shape index (κ3) is 5.33. The van der Waals surface area contributed by atoms with Crippen LogP contribution >= 0.6 is 0 Å². The molecule has 1 aliphatic heterocycles. The molecule has 1 aliphatic rings. The molecule has 28 heavy (non-hydrogen) atoms. The van der Waals surface area contributed by atoms with Crippen LogP contribution in [0.3, 0.4) is 0 Å². The monoisotopic (exact) mass is 401 g/mol. The van der Waals surface area contributed by atoms with Gasteiger partial charge in [-0.05, 0) is 43.5 Å². The first kappa shape index (κ1) is 20.4. The molecule has 0 radical (unpaired) electrons. The fraction of sp³-hybridized carbons (Fsp3) is 0.381. The normalized spacial score (nSPS) is 15.9. The van der Waals surface area contributed by atoms with Gasteiger partial charge in [-0.15, -0.1) is 0 Å². The number of sulfonamides is 1. The van der Waals surface area contributed by atoms with Gasteiger partial charge < -0.3 is 10.6 Å². The van der Waals surface area contributed by atoms with Gasteiger partial charge in [0.1, 0.15) is 0 Å². The van der Waals surface area contributed by atoms with Crippen molar-refractivity contribution >= 4 is 21.6 Å². The van der Waals surface area contributed by atoms with E-state index in [1.54, 1.807) is 30.3 Å². The molecule has 0 spiro atoms. The molecule has 2 aromatic rings. The van der Waals surface area contributed by atoms with Gasteiger partial charge in [-0.3, -0.25) is 4.79 Å². The van der Waals surface area contributed by atoms with Crippen molar-refractivity contribution in [2.45, 2.75) is 24.2 Å². The summed E-state index contributed by atoms with van der Waals surface area (Å²) in [5.41, 5.74) is 1.07. The molecule has 0 aromatic heterocycles. The maximum Gasteiger partial charge on any atom is 0.243 e. The second-order valence-corrected chi connectivity index (χ2v) is 8.87. The van der Waals surface area contributed by atoms with Crippen molar-refractivity contribution in [3.63, 3.8) is 0 Å². The summed E-state index contributed by atoms with van der Waals surface area (Å²) < 4.78 is 26.8. The Morgan fingerprint density at radius 1 is 0.929 bits per heavy atom. The number of carbonyl (C=O) groups is 1. The topological polar surface area (TPSA) is 78.5 Å². The molecule has 7 heteroatoms. The van der Waals surface area contributed by atoms with Gasteiger partial charge >= 0.3 is 0 Å². The largest absolute Gasteiger partial charge is 0.385 e. The van der Waals surface area contributed by atoms with Crippen molar-refractivity contribution in [2.24, 2.45) is 5.92 Å². The lowest BCUT2D eigenvalue weighted by molar-refractivity contribution is -0.126. The van der Waals surface area contributed by atoms with E-state index in [0.717, 1.165) is 18.7 Å². The van der Waals surface area contributed by atoms with Crippen LogP contribution in [-0.4, -0.2) is 44.8 Å². The number of hydrogen-bond acceptors (Lipinski definition) is 4. The van der Waals surface area contributed by atoms with Gasteiger partial charge in [-0.25, -0.2) is 8.42 Å². The summed E-state index contributed by atoms with van der Waals surface area (Å²) in [6.45, 7) is 2.16. The number of nitrogens with zero attached hydrogens (tertiary/aromatic N) is 1. The zero-order chi connectivity index (χ0) is 19.8. The van der Waals surface area contributed by atoms with Gasteiger partial charge in [0.25, 0.3) is 0 Å². The smallest absolute Gasteiger partial charge is 0.243 e. The third-order valence-electron chi connectivity index (χ3n) is 4.96. The summed E-state index contributed by atoms with van der Waals surface area (Å²) in [6.07, 6.45) is 1.95. The highest BCUT2D eigenvalue weighted by Gasteiger charge is 2.31. The number of piperidine rings is 1. The first-order chi connectivity index (χ1) is 13.6. The van der Waals surface area contributed by atoms with E-state index in [1.807, 2.05) is 30.3 Å². The molecule has 0 aliphatic carbocycles. The summed E-state index contributed by atoms with van der Waals surface area (Å²) in [5.74, 6) is -0.0965. The molecule has 1 amide bonds. The number of amides is 1. The van der Waals surface area contributed by atoms with Crippen LogP contribution in [0.25, 0.3) is 0 Å². The van der Waals surface area contributed by atoms with E-state index in [4.69, 9.17) is 0 Å². The SMILES string of the molecule is O=C(NCCCNc1ccccc1)C1CCN(S(=O)(=O)c2ccccc2)CC1. The van der Waals surface area contributed by atoms with E-state index in [9.17, 15) is 13.2 Å². The Balaban J connectivity index is 1.38. The number of benzene rings is 2. The first-order valence-corrected chi connectivity index (χ1v) is 11.1. The van der Waals surface area contributed by atoms with Crippen LogP contribution in [0.15, 0.2) is 65.6 Å². The zero-order valence-electron chi connectivity index (χ0n) is 15.9. The Morgan fingerprint density at radius 2 is 1.54 bits per heavy atom. The van der Waals surface area contributed by atoms with Gasteiger partial charge in [0.2, 0.25) is 15.9 Å². The lowest BCUT2D eigenvalue weighted by Crippen LogP contribution is -2.43. The van der Waals surface area contributed by atoms with Crippen LogP contribution in [0.4, 0.5) is 5.69 Å². The number of carbonyl (C=O) groups excluding carboxylic acids is 1. The molecular weight excluding hydrogens is 374 g/mol. The van der Waals surface area contributed by atoms with Crippen molar-refractivity contribution in [3.05, 3.63) is 60.7 Å². The number of para-hydroxylation sites is 1. The van der Waals surface area contributed by atoms with E-state index >= 15 is 0 Å². The van der Waals surface area contributed by atoms with Crippen LogP contribution in [0.1, 0.15) is 19.3 Å². The third-order valence-corrected chi connectivity index (χ3v) is 6.87. The predicted molar refractivity (Wildman–Crippen MR) is 110 cm³/mol. The minimum atomic E-state index is -3.47. The average molecular weight is 402 g/mol. The zero-order valence-corrected chi connectivity index (χ0v) is 16.7. The molecule has 1 heterocycles. The molecule has 0 atom stereocenters. The van der Waals surface area contributed by atoms with Gasteiger partial charge in [-0.2, -0.15) is 4.31 Å². The summed E-state index contributed by atoms with van der Waals surface area (Å²) in [6, 6.07) is 18.4. The van der Waals surface area contributed by atoms with E-state index in [0.29, 0.717) is 37.4 Å². The molecule has 6 nitrogen and oxygen atoms in total. The number of rotatable bonds is 8. The molecule has 0 bridgehead atoms. The Morgan fingerprint density at radius 3 is 2.18 bits per heavy atom. The summed E-state index contributed by atoms with van der Waals surface area (Å²) in [5, 5.41) is 6.29. The Hall–Kier alpha value is -2.38. The molecule has 2 aromatic carbocycles. The minimum absolute atomic E-state index is 0.0245. The quantitative estimate of drug-likeness (QED) is 0.667. The van der Waals surface area contributed by atoms with E-state index in [2.05, 4.69) is 10.6 Å². The molecule has 0 unspecified atom stereocenters. The number of hydrogen-bond donors (Lipinski definition) is 2. The highest BCUT2D eigenvalue weighted by molar-refractivity contribution is 7.89. The Labute approximate surface area is 167 Å². The molecule has 0 saturated carbocycles. The van der Waals surface area contributed by atoms with Crippen molar-refractivity contribution in [1.29, 1.82) is 0 Å². The molecule has 1 saturated heterocycles. The van der Waals surface area contributed by atoms with Crippen molar-refractivity contribution < 1.29 is 13.2 Å². The molecule has 2 N–H and O–H groups in total. The highest BCUT2D eigenvalue weighted by Crippen LogP contribution is 2.23. The van der Waals surface area contributed by atoms with E-state index < -0.39 is 10.0 Å². The first-order valence-electron chi connectivity index (χ1n) is 9.69. The van der Waals surface area contributed by atoms with Crippen LogP contribution in [0.2, 0.25) is 0 Å². The molecular formula is C21H27N3O3S. The van der Waals surface area contributed by atoms with Gasteiger partial charge in [0.05, 0.1) is 4.90 Å². The fourth-order valence-corrected chi connectivity index (χ4v) is 4.82. The van der Waals surface area contributed by atoms with Crippen LogP contribution in [0.5, 0.6) is 0 Å². The molecule has 3 rings (SSSR count). The maximum absolute atomic E-state index is 12.6. The lowest BCUT2D eigenvalue weighted by atomic mass is 9.97. The molecule has 150 valence electrons. The van der Waals surface area contributed by atoms with E-state index in [-0.39, 0.29) is 11.8 Å². The van der Waals surface area contributed by atoms with Crippen LogP contribution in [-0.2, 0) is 14.8 Å². The van der Waals surface area contributed by atoms with Gasteiger partial charge in [0.15, 0.2) is 0 Å². The number of nitrogens with one attached hydrogen (secondary N) is 2. The number of anilines is 1. The van der Waals surface area contributed by atoms with Crippen LogP contribution in [0, 0.1) is 5.92 Å². The van der Waals surface area contributed by atoms with Gasteiger partial charge in [-0.1, -0.05) is 36.4 Å². The Bertz CT molecular complexity index is 849. The lowest BCUT2D eigenvalue weighted by Gasteiger charge is -2.30. The van der Waals surface area contributed by atoms with E-state index in [1.165, 1.54) is 4.31 Å². The second kappa shape index (κ2) is 9.71.